The van der Waals surface area contributed by atoms with Crippen LogP contribution in [0.3, 0.4) is 0 Å². The van der Waals surface area contributed by atoms with Gasteiger partial charge in [-0.1, -0.05) is 4.49 Å². The van der Waals surface area contributed by atoms with E-state index in [9.17, 15) is 9.59 Å². The summed E-state index contributed by atoms with van der Waals surface area (Å²) in [6.07, 6.45) is 1.41. The first kappa shape index (κ1) is 11.0. The molecule has 2 rings (SSSR count). The molecule has 1 aromatic rings. The van der Waals surface area contributed by atoms with Gasteiger partial charge >= 0.3 is 11.8 Å². The van der Waals surface area contributed by atoms with Crippen molar-refractivity contribution < 1.29 is 9.59 Å². The van der Waals surface area contributed by atoms with Crippen molar-refractivity contribution >= 4 is 28.3 Å². The van der Waals surface area contributed by atoms with Crippen LogP contribution in [-0.4, -0.2) is 52.5 Å². The second kappa shape index (κ2) is 4.99. The van der Waals surface area contributed by atoms with E-state index in [1.807, 2.05) is 0 Å². The lowest BCUT2D eigenvalue weighted by atomic mass is 10.3. The van der Waals surface area contributed by atoms with Gasteiger partial charge in [0.25, 0.3) is 0 Å². The molecular weight excluding hydrogens is 230 g/mol. The van der Waals surface area contributed by atoms with Crippen molar-refractivity contribution in [1.29, 1.82) is 0 Å². The quantitative estimate of drug-likeness (QED) is 0.610. The molecule has 1 aliphatic heterocycles. The van der Waals surface area contributed by atoms with Crippen LogP contribution < -0.4 is 10.6 Å². The van der Waals surface area contributed by atoms with Crippen LogP contribution in [0.4, 0.5) is 5.00 Å². The van der Waals surface area contributed by atoms with Crippen LogP contribution in [0.2, 0.25) is 0 Å². The Kier molecular flexibility index (Phi) is 3.42. The van der Waals surface area contributed by atoms with E-state index in [0.29, 0.717) is 18.1 Å². The average molecular weight is 241 g/mol. The van der Waals surface area contributed by atoms with Gasteiger partial charge in [-0.25, -0.2) is 0 Å². The fourth-order valence-electron chi connectivity index (χ4n) is 1.40. The van der Waals surface area contributed by atoms with E-state index < -0.39 is 11.8 Å². The number of hydrogen-bond donors (Lipinski definition) is 2. The van der Waals surface area contributed by atoms with E-state index in [-0.39, 0.29) is 0 Å². The van der Waals surface area contributed by atoms with Gasteiger partial charge in [0.2, 0.25) is 0 Å². The maximum Gasteiger partial charge on any atom is 0.314 e. The first-order valence-corrected chi connectivity index (χ1v) is 5.63. The van der Waals surface area contributed by atoms with Crippen molar-refractivity contribution in [2.24, 2.45) is 0 Å². The van der Waals surface area contributed by atoms with Gasteiger partial charge < -0.3 is 15.5 Å². The zero-order valence-electron chi connectivity index (χ0n) is 8.47. The maximum absolute atomic E-state index is 11.7. The summed E-state index contributed by atoms with van der Waals surface area (Å²) in [5.41, 5.74) is 0. The molecule has 1 aliphatic rings. The van der Waals surface area contributed by atoms with Gasteiger partial charge in [0, 0.05) is 37.7 Å². The molecule has 0 aromatic carbocycles. The maximum atomic E-state index is 11.7. The second-order valence-corrected chi connectivity index (χ2v) is 4.06. The number of aromatic nitrogens is 2. The van der Waals surface area contributed by atoms with Crippen molar-refractivity contribution in [3.05, 3.63) is 6.20 Å². The van der Waals surface area contributed by atoms with Crippen LogP contribution in [-0.2, 0) is 9.59 Å². The number of amides is 2. The number of hydrogen-bond acceptors (Lipinski definition) is 6. The van der Waals surface area contributed by atoms with Crippen molar-refractivity contribution in [3.63, 3.8) is 0 Å². The minimum atomic E-state index is -0.632. The molecule has 1 saturated heterocycles. The zero-order chi connectivity index (χ0) is 11.4. The van der Waals surface area contributed by atoms with Crippen molar-refractivity contribution in [1.82, 2.24) is 19.8 Å². The molecule has 0 aliphatic carbocycles. The standard InChI is InChI=1S/C8H11N5O2S/c14-7(11-6-5-10-12-16-6)8(15)13-3-1-9-2-4-13/h5,9H,1-4H2,(H,11,14). The topological polar surface area (TPSA) is 87.2 Å². The molecule has 2 amide bonds. The summed E-state index contributed by atoms with van der Waals surface area (Å²) in [5, 5.41) is 9.62. The van der Waals surface area contributed by atoms with Crippen molar-refractivity contribution in [2.45, 2.75) is 0 Å². The third-order valence-electron chi connectivity index (χ3n) is 2.20. The summed E-state index contributed by atoms with van der Waals surface area (Å²) < 4.78 is 3.59. The Bertz CT molecular complexity index is 374. The van der Waals surface area contributed by atoms with Crippen molar-refractivity contribution in [2.75, 3.05) is 31.5 Å². The Hall–Kier alpha value is -1.54. The highest BCUT2D eigenvalue weighted by Gasteiger charge is 2.23. The smallest absolute Gasteiger partial charge is 0.314 e. The van der Waals surface area contributed by atoms with E-state index in [1.54, 1.807) is 0 Å². The third-order valence-corrected chi connectivity index (χ3v) is 2.78. The van der Waals surface area contributed by atoms with E-state index in [1.165, 1.54) is 11.1 Å². The highest BCUT2D eigenvalue weighted by atomic mass is 32.1. The zero-order valence-corrected chi connectivity index (χ0v) is 9.29. The normalized spacial score (nSPS) is 15.9. The molecule has 0 saturated carbocycles. The lowest BCUT2D eigenvalue weighted by molar-refractivity contribution is -0.143. The highest BCUT2D eigenvalue weighted by molar-refractivity contribution is 7.10. The number of rotatable bonds is 1. The van der Waals surface area contributed by atoms with Gasteiger partial charge in [0.05, 0.1) is 6.20 Å². The molecule has 1 fully saturated rings. The fraction of sp³-hybridized carbons (Fsp3) is 0.500. The Morgan fingerprint density at radius 2 is 2.19 bits per heavy atom. The minimum absolute atomic E-state index is 0.480. The van der Waals surface area contributed by atoms with Gasteiger partial charge in [-0.05, 0) is 0 Å². The molecule has 7 nitrogen and oxygen atoms in total. The Morgan fingerprint density at radius 1 is 1.44 bits per heavy atom. The van der Waals surface area contributed by atoms with E-state index in [0.717, 1.165) is 24.6 Å². The molecule has 2 heterocycles. The van der Waals surface area contributed by atoms with Crippen LogP contribution >= 0.6 is 11.5 Å². The van der Waals surface area contributed by atoms with Gasteiger partial charge in [-0.3, -0.25) is 9.59 Å². The summed E-state index contributed by atoms with van der Waals surface area (Å²) in [5.74, 6) is -1.14. The summed E-state index contributed by atoms with van der Waals surface area (Å²) in [6, 6.07) is 0. The molecule has 1 aromatic heterocycles. The summed E-state index contributed by atoms with van der Waals surface area (Å²) >= 11 is 1.04. The number of piperazine rings is 1. The number of nitrogens with zero attached hydrogens (tertiary/aromatic N) is 3. The lowest BCUT2D eigenvalue weighted by Gasteiger charge is -2.26. The number of carbonyl (C=O) groups excluding carboxylic acids is 2. The Labute approximate surface area is 96.0 Å². The summed E-state index contributed by atoms with van der Waals surface area (Å²) in [6.45, 7) is 2.57. The van der Waals surface area contributed by atoms with Crippen LogP contribution in [0.15, 0.2) is 6.20 Å². The molecule has 16 heavy (non-hydrogen) atoms. The molecule has 0 radical (unpaired) electrons. The summed E-state index contributed by atoms with van der Waals surface area (Å²) in [4.78, 5) is 24.7. The molecule has 0 spiro atoms. The molecule has 0 atom stereocenters. The molecule has 86 valence electrons. The predicted molar refractivity (Wildman–Crippen MR) is 58.0 cm³/mol. The minimum Gasteiger partial charge on any atom is -0.332 e. The average Bonchev–Trinajstić information content (AvgIpc) is 2.82. The second-order valence-electron chi connectivity index (χ2n) is 3.28. The number of anilines is 1. The van der Waals surface area contributed by atoms with Crippen LogP contribution in [0.25, 0.3) is 0 Å². The van der Waals surface area contributed by atoms with E-state index in [2.05, 4.69) is 20.2 Å². The number of carbonyl (C=O) groups is 2. The van der Waals surface area contributed by atoms with E-state index in [4.69, 9.17) is 0 Å². The fourth-order valence-corrected chi connectivity index (χ4v) is 1.81. The third kappa shape index (κ3) is 2.52. The lowest BCUT2D eigenvalue weighted by Crippen LogP contribution is -2.49. The van der Waals surface area contributed by atoms with Gasteiger partial charge in [-0.2, -0.15) is 0 Å². The largest absolute Gasteiger partial charge is 0.332 e. The Balaban J connectivity index is 1.91. The molecule has 0 bridgehead atoms. The molecule has 0 unspecified atom stereocenters. The van der Waals surface area contributed by atoms with E-state index >= 15 is 0 Å². The van der Waals surface area contributed by atoms with Gasteiger partial charge in [0.1, 0.15) is 5.00 Å². The van der Waals surface area contributed by atoms with Gasteiger partial charge in [0.15, 0.2) is 0 Å². The summed E-state index contributed by atoms with van der Waals surface area (Å²) in [7, 11) is 0. The molecule has 8 heteroatoms. The van der Waals surface area contributed by atoms with Gasteiger partial charge in [-0.15, -0.1) is 5.10 Å². The highest BCUT2D eigenvalue weighted by Crippen LogP contribution is 2.09. The SMILES string of the molecule is O=C(Nc1cnns1)C(=O)N1CCNCC1. The molecular formula is C8H11N5O2S. The number of nitrogens with one attached hydrogen (secondary N) is 2. The Morgan fingerprint density at radius 3 is 2.81 bits per heavy atom. The predicted octanol–water partition coefficient (Wildman–Crippen LogP) is -1.09. The first-order chi connectivity index (χ1) is 7.77. The van der Waals surface area contributed by atoms with Crippen LogP contribution in [0.5, 0.6) is 0 Å². The monoisotopic (exact) mass is 241 g/mol. The first-order valence-electron chi connectivity index (χ1n) is 4.85. The van der Waals surface area contributed by atoms with Crippen LogP contribution in [0, 0.1) is 0 Å². The van der Waals surface area contributed by atoms with Crippen LogP contribution in [0.1, 0.15) is 0 Å². The van der Waals surface area contributed by atoms with Crippen molar-refractivity contribution in [3.8, 4) is 0 Å². The molecule has 2 N–H and O–H groups in total.